The zero-order valence-corrected chi connectivity index (χ0v) is 14.7. The van der Waals surface area contributed by atoms with Crippen LogP contribution < -0.4 is 10.5 Å². The van der Waals surface area contributed by atoms with Crippen molar-refractivity contribution < 1.29 is 4.74 Å². The Hall–Kier alpha value is -1.05. The molecule has 1 aromatic carbocycles. The molecule has 116 valence electrons. The predicted molar refractivity (Wildman–Crippen MR) is 90.2 cm³/mol. The van der Waals surface area contributed by atoms with E-state index in [4.69, 9.17) is 15.7 Å². The Bertz CT molecular complexity index is 492. The number of halogens is 1. The second-order valence-corrected chi connectivity index (χ2v) is 7.07. The highest BCUT2D eigenvalue weighted by molar-refractivity contribution is 9.10. The molecule has 4 heteroatoms. The van der Waals surface area contributed by atoms with Gasteiger partial charge in [0.05, 0.1) is 22.6 Å². The van der Waals surface area contributed by atoms with Gasteiger partial charge in [-0.1, -0.05) is 12.1 Å². The first-order valence-corrected chi connectivity index (χ1v) is 8.22. The van der Waals surface area contributed by atoms with E-state index in [0.29, 0.717) is 6.61 Å². The topological polar surface area (TPSA) is 59.0 Å². The molecule has 0 bridgehead atoms. The molecule has 1 aromatic rings. The molecule has 0 aliphatic rings. The Kier molecular flexibility index (Phi) is 7.21. The summed E-state index contributed by atoms with van der Waals surface area (Å²) >= 11 is 3.54. The van der Waals surface area contributed by atoms with Crippen LogP contribution in [0.2, 0.25) is 0 Å². The first-order valence-electron chi connectivity index (χ1n) is 7.43. The van der Waals surface area contributed by atoms with Gasteiger partial charge in [-0.3, -0.25) is 0 Å². The minimum absolute atomic E-state index is 0.109. The molecular weight excluding hydrogens is 328 g/mol. The van der Waals surface area contributed by atoms with Gasteiger partial charge in [0, 0.05) is 6.04 Å². The number of benzene rings is 1. The van der Waals surface area contributed by atoms with Gasteiger partial charge >= 0.3 is 0 Å². The Morgan fingerprint density at radius 3 is 2.71 bits per heavy atom. The molecule has 1 atom stereocenters. The number of hydrogen-bond acceptors (Lipinski definition) is 3. The lowest BCUT2D eigenvalue weighted by Gasteiger charge is -2.16. The second-order valence-electron chi connectivity index (χ2n) is 6.21. The number of nitrogens with two attached hydrogens (primary N) is 1. The molecule has 3 nitrogen and oxygen atoms in total. The van der Waals surface area contributed by atoms with Gasteiger partial charge < -0.3 is 10.5 Å². The predicted octanol–water partition coefficient (Wildman–Crippen LogP) is 4.44. The molecule has 0 amide bonds. The summed E-state index contributed by atoms with van der Waals surface area (Å²) < 4.78 is 6.90. The zero-order chi connectivity index (χ0) is 15.9. The highest BCUT2D eigenvalue weighted by atomic mass is 79.9. The molecule has 21 heavy (non-hydrogen) atoms. The van der Waals surface area contributed by atoms with E-state index in [-0.39, 0.29) is 11.5 Å². The maximum absolute atomic E-state index is 8.99. The molecule has 0 saturated heterocycles. The van der Waals surface area contributed by atoms with Crippen LogP contribution in [0.3, 0.4) is 0 Å². The van der Waals surface area contributed by atoms with Gasteiger partial charge in [-0.15, -0.1) is 0 Å². The number of para-hydroxylation sites is 1. The SMILES string of the molecule is CC(N)Cc1cccc(Br)c1OCCCCC(C)(C)C#N. The second kappa shape index (κ2) is 8.41. The number of nitrogens with zero attached hydrogens (tertiary/aromatic N) is 1. The largest absolute Gasteiger partial charge is 0.492 e. The van der Waals surface area contributed by atoms with E-state index in [1.807, 2.05) is 32.9 Å². The first-order chi connectivity index (χ1) is 9.85. The van der Waals surface area contributed by atoms with Crippen molar-refractivity contribution in [3.8, 4) is 11.8 Å². The summed E-state index contributed by atoms with van der Waals surface area (Å²) in [5.41, 5.74) is 6.77. The standard InChI is InChI=1S/C17H25BrN2O/c1-13(20)11-14-7-6-8-15(18)16(14)21-10-5-4-9-17(2,3)12-19/h6-8,13H,4-5,9-11,20H2,1-3H3. The molecule has 2 N–H and O–H groups in total. The molecule has 0 heterocycles. The van der Waals surface area contributed by atoms with E-state index in [1.165, 1.54) is 0 Å². The maximum atomic E-state index is 8.99. The molecule has 0 aliphatic heterocycles. The van der Waals surface area contributed by atoms with Gasteiger partial charge in [-0.05, 0) is 74.0 Å². The van der Waals surface area contributed by atoms with E-state index in [1.54, 1.807) is 0 Å². The van der Waals surface area contributed by atoms with E-state index < -0.39 is 0 Å². The summed E-state index contributed by atoms with van der Waals surface area (Å²) in [5.74, 6) is 0.898. The molecule has 0 spiro atoms. The average Bonchev–Trinajstić information content (AvgIpc) is 2.40. The quantitative estimate of drug-likeness (QED) is 0.703. The van der Waals surface area contributed by atoms with Crippen molar-refractivity contribution in [3.63, 3.8) is 0 Å². The van der Waals surface area contributed by atoms with Crippen molar-refractivity contribution in [1.82, 2.24) is 0 Å². The molecule has 0 fully saturated rings. The van der Waals surface area contributed by atoms with Gasteiger partial charge in [0.1, 0.15) is 5.75 Å². The summed E-state index contributed by atoms with van der Waals surface area (Å²) in [6, 6.07) is 8.48. The van der Waals surface area contributed by atoms with Crippen molar-refractivity contribution in [1.29, 1.82) is 5.26 Å². The lowest BCUT2D eigenvalue weighted by Crippen LogP contribution is -2.18. The van der Waals surface area contributed by atoms with Crippen LogP contribution in [-0.4, -0.2) is 12.6 Å². The van der Waals surface area contributed by atoms with Crippen LogP contribution >= 0.6 is 15.9 Å². The van der Waals surface area contributed by atoms with Crippen molar-refractivity contribution in [2.45, 2.75) is 52.5 Å². The number of hydrogen-bond donors (Lipinski definition) is 1. The van der Waals surface area contributed by atoms with Crippen LogP contribution in [0, 0.1) is 16.7 Å². The number of nitriles is 1. The van der Waals surface area contributed by atoms with E-state index in [0.717, 1.165) is 41.5 Å². The summed E-state index contributed by atoms with van der Waals surface area (Å²) in [6.07, 6.45) is 3.64. The Labute approximate surface area is 136 Å². The summed E-state index contributed by atoms with van der Waals surface area (Å²) in [5, 5.41) is 8.99. The monoisotopic (exact) mass is 352 g/mol. The number of ether oxygens (including phenoxy) is 1. The van der Waals surface area contributed by atoms with E-state index >= 15 is 0 Å². The molecule has 1 unspecified atom stereocenters. The fraction of sp³-hybridized carbons (Fsp3) is 0.588. The minimum Gasteiger partial charge on any atom is -0.492 e. The van der Waals surface area contributed by atoms with Crippen LogP contribution in [0.4, 0.5) is 0 Å². The van der Waals surface area contributed by atoms with E-state index in [2.05, 4.69) is 28.1 Å². The van der Waals surface area contributed by atoms with Crippen LogP contribution in [0.5, 0.6) is 5.75 Å². The number of rotatable bonds is 8. The minimum atomic E-state index is -0.243. The van der Waals surface area contributed by atoms with Crippen molar-refractivity contribution >= 4 is 15.9 Å². The highest BCUT2D eigenvalue weighted by Gasteiger charge is 2.15. The third-order valence-electron chi connectivity index (χ3n) is 3.34. The fourth-order valence-corrected chi connectivity index (χ4v) is 2.64. The first kappa shape index (κ1) is 18.0. The van der Waals surface area contributed by atoms with Crippen LogP contribution in [-0.2, 0) is 6.42 Å². The molecule has 1 rings (SSSR count). The van der Waals surface area contributed by atoms with Crippen molar-refractivity contribution in [2.75, 3.05) is 6.61 Å². The molecular formula is C17H25BrN2O. The smallest absolute Gasteiger partial charge is 0.136 e. The van der Waals surface area contributed by atoms with Gasteiger partial charge in [-0.2, -0.15) is 5.26 Å². The van der Waals surface area contributed by atoms with Crippen LogP contribution in [0.1, 0.15) is 45.6 Å². The van der Waals surface area contributed by atoms with Crippen LogP contribution in [0.25, 0.3) is 0 Å². The number of unbranched alkanes of at least 4 members (excludes halogenated alkanes) is 1. The van der Waals surface area contributed by atoms with Crippen molar-refractivity contribution in [2.24, 2.45) is 11.1 Å². The molecule has 0 radical (unpaired) electrons. The molecule has 0 aliphatic carbocycles. The third kappa shape index (κ3) is 6.50. The van der Waals surface area contributed by atoms with Gasteiger partial charge in [0.25, 0.3) is 0 Å². The van der Waals surface area contributed by atoms with Crippen LogP contribution in [0.15, 0.2) is 22.7 Å². The summed E-state index contributed by atoms with van der Waals surface area (Å²) in [6.45, 7) is 6.61. The maximum Gasteiger partial charge on any atom is 0.136 e. The Balaban J connectivity index is 2.50. The Morgan fingerprint density at radius 1 is 1.38 bits per heavy atom. The lowest BCUT2D eigenvalue weighted by atomic mass is 9.89. The van der Waals surface area contributed by atoms with Gasteiger partial charge in [0.2, 0.25) is 0 Å². The third-order valence-corrected chi connectivity index (χ3v) is 3.96. The summed E-state index contributed by atoms with van der Waals surface area (Å²) in [4.78, 5) is 0. The zero-order valence-electron chi connectivity index (χ0n) is 13.2. The normalized spacial score (nSPS) is 12.8. The highest BCUT2D eigenvalue weighted by Crippen LogP contribution is 2.30. The van der Waals surface area contributed by atoms with E-state index in [9.17, 15) is 0 Å². The molecule has 0 aromatic heterocycles. The Morgan fingerprint density at radius 2 is 2.10 bits per heavy atom. The van der Waals surface area contributed by atoms with Crippen molar-refractivity contribution in [3.05, 3.63) is 28.2 Å². The van der Waals surface area contributed by atoms with Gasteiger partial charge in [0.15, 0.2) is 0 Å². The summed E-state index contributed by atoms with van der Waals surface area (Å²) in [7, 11) is 0. The average molecular weight is 353 g/mol. The lowest BCUT2D eigenvalue weighted by molar-refractivity contribution is 0.290. The van der Waals surface area contributed by atoms with Gasteiger partial charge in [-0.25, -0.2) is 0 Å². The fourth-order valence-electron chi connectivity index (χ4n) is 2.12. The molecule has 0 saturated carbocycles.